The van der Waals surface area contributed by atoms with E-state index in [1.54, 1.807) is 61.7 Å². The highest BCUT2D eigenvalue weighted by atomic mass is 35.5. The normalized spacial score (nSPS) is 19.3. The van der Waals surface area contributed by atoms with Gasteiger partial charge in [-0.25, -0.2) is 4.90 Å². The highest BCUT2D eigenvalue weighted by Crippen LogP contribution is 2.54. The Balaban J connectivity index is 1.34. The summed E-state index contributed by atoms with van der Waals surface area (Å²) >= 11 is 8.61. The maximum absolute atomic E-state index is 14.0. The Labute approximate surface area is 253 Å². The van der Waals surface area contributed by atoms with Gasteiger partial charge in [0.25, 0.3) is 5.91 Å². The Kier molecular flexibility index (Phi) is 7.56. The lowest BCUT2D eigenvalue weighted by molar-refractivity contribution is -0.122. The molecule has 4 aromatic rings. The van der Waals surface area contributed by atoms with Gasteiger partial charge in [-0.2, -0.15) is 0 Å². The number of nitrogens with zero attached hydrogens (tertiary/aromatic N) is 1. The van der Waals surface area contributed by atoms with Crippen molar-refractivity contribution < 1.29 is 23.9 Å². The minimum atomic E-state index is -0.823. The fourth-order valence-electron chi connectivity index (χ4n) is 5.21. The minimum absolute atomic E-state index is 0.295. The maximum Gasteiger partial charge on any atom is 0.305 e. The van der Waals surface area contributed by atoms with Crippen LogP contribution >= 0.6 is 34.7 Å². The van der Waals surface area contributed by atoms with Crippen molar-refractivity contribution in [3.05, 3.63) is 97.4 Å². The fraction of sp³-hybridized carbons (Fsp3) is 0.200. The van der Waals surface area contributed by atoms with Crippen molar-refractivity contribution in [1.82, 2.24) is 4.98 Å². The van der Waals surface area contributed by atoms with Gasteiger partial charge in [-0.05, 0) is 61.5 Å². The van der Waals surface area contributed by atoms with Gasteiger partial charge in [-0.3, -0.25) is 19.2 Å². The summed E-state index contributed by atoms with van der Waals surface area (Å²) in [5.74, 6) is -1.68. The predicted octanol–water partition coefficient (Wildman–Crippen LogP) is 5.22. The van der Waals surface area contributed by atoms with Gasteiger partial charge in [0.2, 0.25) is 11.8 Å². The topological polar surface area (TPSA) is 118 Å². The number of thioether (sulfide) groups is 1. The van der Waals surface area contributed by atoms with Crippen molar-refractivity contribution in [1.29, 1.82) is 0 Å². The summed E-state index contributed by atoms with van der Waals surface area (Å²) in [6.07, 6.45) is 0. The number of aromatic amines is 1. The second kappa shape index (κ2) is 11.3. The van der Waals surface area contributed by atoms with Crippen LogP contribution in [0.25, 0.3) is 0 Å². The quantitative estimate of drug-likeness (QED) is 0.272. The number of hydrogen-bond acceptors (Lipinski definition) is 8. The smallest absolute Gasteiger partial charge is 0.305 e. The molecule has 0 saturated carbocycles. The van der Waals surface area contributed by atoms with E-state index in [1.165, 1.54) is 16.7 Å². The van der Waals surface area contributed by atoms with Crippen LogP contribution < -0.4 is 24.6 Å². The molecule has 12 heteroatoms. The Morgan fingerprint density at radius 2 is 1.76 bits per heavy atom. The van der Waals surface area contributed by atoms with E-state index in [9.17, 15) is 19.2 Å². The van der Waals surface area contributed by atoms with Crippen molar-refractivity contribution in [3.8, 4) is 11.5 Å². The summed E-state index contributed by atoms with van der Waals surface area (Å²) in [6, 6.07) is 19.0. The highest BCUT2D eigenvalue weighted by molar-refractivity contribution is 8.00. The van der Waals surface area contributed by atoms with E-state index in [1.807, 2.05) is 19.1 Å². The van der Waals surface area contributed by atoms with Crippen LogP contribution in [-0.4, -0.2) is 41.7 Å². The summed E-state index contributed by atoms with van der Waals surface area (Å²) < 4.78 is 11.1. The lowest BCUT2D eigenvalue weighted by Crippen LogP contribution is -2.32. The van der Waals surface area contributed by atoms with E-state index in [0.29, 0.717) is 43.4 Å². The van der Waals surface area contributed by atoms with Crippen LogP contribution in [0.1, 0.15) is 21.9 Å². The van der Waals surface area contributed by atoms with Crippen LogP contribution in [0.4, 0.5) is 11.4 Å². The van der Waals surface area contributed by atoms with Gasteiger partial charge in [0.1, 0.15) is 16.7 Å². The summed E-state index contributed by atoms with van der Waals surface area (Å²) in [5.41, 5.74) is 2.57. The summed E-state index contributed by atoms with van der Waals surface area (Å²) in [6.45, 7) is 1.60. The molecule has 0 radical (unpaired) electrons. The first-order valence-corrected chi connectivity index (χ1v) is 15.0. The lowest BCUT2D eigenvalue weighted by atomic mass is 9.82. The summed E-state index contributed by atoms with van der Waals surface area (Å²) in [4.78, 5) is 57.3. The first kappa shape index (κ1) is 28.1. The number of thiazole rings is 1. The number of aromatic nitrogens is 1. The van der Waals surface area contributed by atoms with Crippen LogP contribution in [0.5, 0.6) is 11.5 Å². The number of carbonyl (C=O) groups is 3. The average Bonchev–Trinajstić information content (AvgIpc) is 3.47. The lowest BCUT2D eigenvalue weighted by Gasteiger charge is -2.31. The SMILES string of the molecule is COc1ccc(NC(=O)COc2ccc(Cl)cc2[C@H]2c3sc(=O)[nH]c3SC3C(=O)N(c4ccc(C)cc4)C(=O)C32)cc1. The zero-order chi connectivity index (χ0) is 29.5. The zero-order valence-corrected chi connectivity index (χ0v) is 24.8. The second-order valence-electron chi connectivity index (χ2n) is 9.84. The summed E-state index contributed by atoms with van der Waals surface area (Å²) in [7, 11) is 1.56. The molecule has 42 heavy (non-hydrogen) atoms. The van der Waals surface area contributed by atoms with Crippen molar-refractivity contribution in [2.75, 3.05) is 23.9 Å². The van der Waals surface area contributed by atoms with Gasteiger partial charge in [0.15, 0.2) is 6.61 Å². The molecule has 1 fully saturated rings. The molecule has 1 saturated heterocycles. The van der Waals surface area contributed by atoms with Crippen molar-refractivity contribution in [2.45, 2.75) is 23.1 Å². The molecule has 3 amide bonds. The first-order valence-electron chi connectivity index (χ1n) is 12.9. The Morgan fingerprint density at radius 1 is 1.02 bits per heavy atom. The number of imide groups is 1. The monoisotopic (exact) mass is 621 g/mol. The molecule has 2 N–H and O–H groups in total. The molecule has 0 aliphatic carbocycles. The molecule has 6 rings (SSSR count). The number of fused-ring (bicyclic) bond motifs is 2. The largest absolute Gasteiger partial charge is 0.497 e. The number of aryl methyl sites for hydroxylation is 1. The standard InChI is InChI=1S/C30H24ClN3O6S2/c1-15-3-8-18(9-4-15)34-28(36)24-23(25-27(33-30(38)42-25)41-26(24)29(34)37)20-13-16(31)5-12-21(20)40-14-22(35)32-17-6-10-19(39-2)11-7-17/h3-13,23-24,26H,14H2,1-2H3,(H,32,35)(H,33,38)/t23-,24?,26?/m1/s1. The van der Waals surface area contributed by atoms with Crippen LogP contribution in [-0.2, 0) is 14.4 Å². The Bertz CT molecular complexity index is 1750. The Morgan fingerprint density at radius 3 is 2.48 bits per heavy atom. The van der Waals surface area contributed by atoms with Crippen LogP contribution in [0.15, 0.2) is 76.6 Å². The maximum atomic E-state index is 14.0. The van der Waals surface area contributed by atoms with E-state index in [0.717, 1.165) is 16.9 Å². The third-order valence-corrected chi connectivity index (χ3v) is 9.79. The number of halogens is 1. The number of rotatable bonds is 7. The molecular weight excluding hydrogens is 598 g/mol. The van der Waals surface area contributed by atoms with Gasteiger partial charge in [-0.15, -0.1) is 0 Å². The van der Waals surface area contributed by atoms with E-state index in [2.05, 4.69) is 10.3 Å². The molecule has 1 aromatic heterocycles. The second-order valence-corrected chi connectivity index (χ2v) is 12.4. The third-order valence-electron chi connectivity index (χ3n) is 7.16. The number of nitrogens with one attached hydrogen (secondary N) is 2. The molecule has 3 aromatic carbocycles. The number of carbonyl (C=O) groups excluding carboxylic acids is 3. The molecular formula is C30H24ClN3O6S2. The third kappa shape index (κ3) is 5.19. The van der Waals surface area contributed by atoms with Crippen molar-refractivity contribution in [3.63, 3.8) is 0 Å². The van der Waals surface area contributed by atoms with Gasteiger partial charge in [0, 0.05) is 27.1 Å². The van der Waals surface area contributed by atoms with Crippen molar-refractivity contribution >= 4 is 63.8 Å². The number of benzene rings is 3. The Hall–Kier alpha value is -4.06. The molecule has 2 aliphatic rings. The molecule has 2 aliphatic heterocycles. The van der Waals surface area contributed by atoms with E-state index in [-0.39, 0.29) is 23.3 Å². The van der Waals surface area contributed by atoms with E-state index < -0.39 is 23.0 Å². The summed E-state index contributed by atoms with van der Waals surface area (Å²) in [5, 5.41) is 2.92. The molecule has 2 unspecified atom stereocenters. The van der Waals surface area contributed by atoms with Crippen molar-refractivity contribution in [2.24, 2.45) is 5.92 Å². The van der Waals surface area contributed by atoms with Gasteiger partial charge in [-0.1, -0.05) is 52.4 Å². The van der Waals surface area contributed by atoms with Crippen LogP contribution in [0.3, 0.4) is 0 Å². The number of amides is 3. The average molecular weight is 622 g/mol. The number of hydrogen-bond donors (Lipinski definition) is 2. The minimum Gasteiger partial charge on any atom is -0.497 e. The molecule has 0 spiro atoms. The molecule has 3 atom stereocenters. The fourth-order valence-corrected chi connectivity index (χ4v) is 7.90. The number of ether oxygens (including phenoxy) is 2. The molecule has 214 valence electrons. The number of methoxy groups -OCH3 is 1. The van der Waals surface area contributed by atoms with Crippen LogP contribution in [0.2, 0.25) is 5.02 Å². The van der Waals surface area contributed by atoms with Gasteiger partial charge in [0.05, 0.1) is 23.7 Å². The highest BCUT2D eigenvalue weighted by Gasteiger charge is 2.56. The van der Waals surface area contributed by atoms with Gasteiger partial charge < -0.3 is 19.8 Å². The molecule has 3 heterocycles. The first-order chi connectivity index (χ1) is 20.2. The molecule has 9 nitrogen and oxygen atoms in total. The van der Waals surface area contributed by atoms with E-state index in [4.69, 9.17) is 21.1 Å². The van der Waals surface area contributed by atoms with E-state index >= 15 is 0 Å². The molecule has 0 bridgehead atoms. The number of H-pyrrole nitrogens is 1. The number of anilines is 2. The van der Waals surface area contributed by atoms with Gasteiger partial charge >= 0.3 is 4.87 Å². The predicted molar refractivity (Wildman–Crippen MR) is 162 cm³/mol. The van der Waals surface area contributed by atoms with Crippen LogP contribution in [0, 0.1) is 12.8 Å². The zero-order valence-electron chi connectivity index (χ0n) is 22.4.